The second-order valence-corrected chi connectivity index (χ2v) is 9.26. The van der Waals surface area contributed by atoms with Crippen molar-refractivity contribution in [2.75, 3.05) is 52.5 Å². The molecular weight excluding hydrogens is 374 g/mol. The zero-order valence-electron chi connectivity index (χ0n) is 16.0. The number of hydrogen-bond donors (Lipinski definition) is 1. The van der Waals surface area contributed by atoms with Crippen LogP contribution < -0.4 is 4.90 Å². The molecular formula is C21H28N3O3S+. The van der Waals surface area contributed by atoms with Crippen molar-refractivity contribution in [1.29, 1.82) is 0 Å². The minimum atomic E-state index is -3.39. The van der Waals surface area contributed by atoms with Crippen molar-refractivity contribution in [3.05, 3.63) is 71.8 Å². The van der Waals surface area contributed by atoms with Crippen molar-refractivity contribution in [1.82, 2.24) is 8.61 Å². The van der Waals surface area contributed by atoms with Crippen LogP contribution in [-0.2, 0) is 14.9 Å². The van der Waals surface area contributed by atoms with Gasteiger partial charge in [-0.3, -0.25) is 0 Å². The van der Waals surface area contributed by atoms with E-state index in [1.807, 2.05) is 12.1 Å². The highest BCUT2D eigenvalue weighted by molar-refractivity contribution is 7.86. The highest BCUT2D eigenvalue weighted by Crippen LogP contribution is 2.20. The Balaban J connectivity index is 1.50. The summed E-state index contributed by atoms with van der Waals surface area (Å²) in [6.45, 7) is 4.54. The molecule has 2 aliphatic heterocycles. The highest BCUT2D eigenvalue weighted by Gasteiger charge is 2.37. The van der Waals surface area contributed by atoms with Gasteiger partial charge in [0.15, 0.2) is 0 Å². The van der Waals surface area contributed by atoms with Crippen molar-refractivity contribution < 1.29 is 18.1 Å². The maximum Gasteiger partial charge on any atom is 0.282 e. The summed E-state index contributed by atoms with van der Waals surface area (Å²) in [6.07, 6.45) is 0. The van der Waals surface area contributed by atoms with E-state index in [1.54, 1.807) is 8.61 Å². The molecule has 28 heavy (non-hydrogen) atoms. The second kappa shape index (κ2) is 8.71. The average molecular weight is 403 g/mol. The van der Waals surface area contributed by atoms with Gasteiger partial charge in [-0.2, -0.15) is 17.0 Å². The van der Waals surface area contributed by atoms with Crippen LogP contribution in [0.15, 0.2) is 60.7 Å². The predicted octanol–water partition coefficient (Wildman–Crippen LogP) is 0.554. The average Bonchev–Trinajstić information content (AvgIpc) is 2.76. The van der Waals surface area contributed by atoms with Gasteiger partial charge in [0.25, 0.3) is 10.2 Å². The summed E-state index contributed by atoms with van der Waals surface area (Å²) >= 11 is 0. The van der Waals surface area contributed by atoms with E-state index in [0.717, 1.165) is 13.1 Å². The van der Waals surface area contributed by atoms with Gasteiger partial charge in [0.1, 0.15) is 6.04 Å². The number of morpholine rings is 1. The Morgan fingerprint density at radius 1 is 0.750 bits per heavy atom. The number of quaternary nitrogens is 1. The summed E-state index contributed by atoms with van der Waals surface area (Å²) in [7, 11) is -3.39. The van der Waals surface area contributed by atoms with Crippen LogP contribution in [-0.4, -0.2) is 69.5 Å². The molecule has 7 heteroatoms. The van der Waals surface area contributed by atoms with Gasteiger partial charge in [-0.15, -0.1) is 0 Å². The van der Waals surface area contributed by atoms with Gasteiger partial charge in [-0.1, -0.05) is 60.7 Å². The quantitative estimate of drug-likeness (QED) is 0.795. The Bertz CT molecular complexity index is 807. The van der Waals surface area contributed by atoms with E-state index >= 15 is 0 Å². The van der Waals surface area contributed by atoms with E-state index in [9.17, 15) is 8.42 Å². The number of rotatable bonds is 5. The summed E-state index contributed by atoms with van der Waals surface area (Å²) < 4.78 is 34.4. The van der Waals surface area contributed by atoms with Crippen LogP contribution in [0.4, 0.5) is 0 Å². The number of benzene rings is 2. The zero-order chi connectivity index (χ0) is 19.4. The second-order valence-electron chi connectivity index (χ2n) is 7.33. The maximum atomic E-state index is 12.9. The standard InChI is InChI=1S/C21H27N3O3S/c25-28(26,24-15-17-27-18-16-24)23-13-11-22(12-14-23)21(19-7-3-1-4-8-19)20-9-5-2-6-10-20/h1-10,21H,11-18H2/p+1. The molecule has 4 rings (SSSR count). The predicted molar refractivity (Wildman–Crippen MR) is 108 cm³/mol. The molecule has 2 heterocycles. The van der Waals surface area contributed by atoms with Crippen LogP contribution in [0.2, 0.25) is 0 Å². The van der Waals surface area contributed by atoms with Gasteiger partial charge in [-0.05, 0) is 0 Å². The molecule has 0 bridgehead atoms. The molecule has 2 aromatic carbocycles. The number of nitrogens with one attached hydrogen (secondary N) is 1. The molecule has 150 valence electrons. The van der Waals surface area contributed by atoms with Gasteiger partial charge < -0.3 is 9.64 Å². The first-order valence-corrected chi connectivity index (χ1v) is 11.3. The lowest BCUT2D eigenvalue weighted by Gasteiger charge is -2.38. The first kappa shape index (κ1) is 19.5. The monoisotopic (exact) mass is 402 g/mol. The molecule has 0 aliphatic carbocycles. The first-order valence-electron chi connectivity index (χ1n) is 9.94. The van der Waals surface area contributed by atoms with Gasteiger partial charge in [0.05, 0.1) is 39.4 Å². The third kappa shape index (κ3) is 4.14. The molecule has 2 aromatic rings. The van der Waals surface area contributed by atoms with Crippen LogP contribution in [0.5, 0.6) is 0 Å². The van der Waals surface area contributed by atoms with Crippen LogP contribution >= 0.6 is 0 Å². The van der Waals surface area contributed by atoms with E-state index in [4.69, 9.17) is 4.74 Å². The highest BCUT2D eigenvalue weighted by atomic mass is 32.2. The fourth-order valence-corrected chi connectivity index (χ4v) is 5.77. The van der Waals surface area contributed by atoms with Crippen molar-refractivity contribution in [2.45, 2.75) is 6.04 Å². The van der Waals surface area contributed by atoms with E-state index in [0.29, 0.717) is 39.4 Å². The van der Waals surface area contributed by atoms with E-state index in [1.165, 1.54) is 16.0 Å². The third-order valence-electron chi connectivity index (χ3n) is 5.66. The van der Waals surface area contributed by atoms with Crippen LogP contribution in [0.1, 0.15) is 17.2 Å². The minimum Gasteiger partial charge on any atom is -0.379 e. The maximum absolute atomic E-state index is 12.9. The molecule has 0 aromatic heterocycles. The first-order chi connectivity index (χ1) is 13.7. The molecule has 0 saturated carbocycles. The van der Waals surface area contributed by atoms with E-state index in [2.05, 4.69) is 48.5 Å². The lowest BCUT2D eigenvalue weighted by atomic mass is 9.96. The topological polar surface area (TPSA) is 54.3 Å². The number of hydrogen-bond acceptors (Lipinski definition) is 3. The van der Waals surface area contributed by atoms with Crippen molar-refractivity contribution in [2.24, 2.45) is 0 Å². The number of ether oxygens (including phenoxy) is 1. The smallest absolute Gasteiger partial charge is 0.282 e. The molecule has 6 nitrogen and oxygen atoms in total. The van der Waals surface area contributed by atoms with Crippen LogP contribution in [0, 0.1) is 0 Å². The zero-order valence-corrected chi connectivity index (χ0v) is 16.9. The normalized spacial score (nSPS) is 20.5. The van der Waals surface area contributed by atoms with E-state index < -0.39 is 10.2 Å². The van der Waals surface area contributed by atoms with Gasteiger partial charge >= 0.3 is 0 Å². The third-order valence-corrected chi connectivity index (χ3v) is 7.70. The summed E-state index contributed by atoms with van der Waals surface area (Å²) in [6, 6.07) is 21.3. The molecule has 0 unspecified atom stereocenters. The molecule has 0 spiro atoms. The Morgan fingerprint density at radius 2 is 1.21 bits per heavy atom. The summed E-state index contributed by atoms with van der Waals surface area (Å²) in [4.78, 5) is 1.41. The Kier molecular flexibility index (Phi) is 6.08. The van der Waals surface area contributed by atoms with Crippen molar-refractivity contribution in [3.8, 4) is 0 Å². The van der Waals surface area contributed by atoms with Crippen molar-refractivity contribution >= 4 is 10.2 Å². The molecule has 0 amide bonds. The summed E-state index contributed by atoms with van der Waals surface area (Å²) in [5.41, 5.74) is 2.54. The fourth-order valence-electron chi connectivity index (χ4n) is 4.19. The number of nitrogens with zero attached hydrogens (tertiary/aromatic N) is 2. The summed E-state index contributed by atoms with van der Waals surface area (Å²) in [5.74, 6) is 0. The van der Waals surface area contributed by atoms with Gasteiger partial charge in [-0.25, -0.2) is 0 Å². The number of piperazine rings is 1. The lowest BCUT2D eigenvalue weighted by Crippen LogP contribution is -3.15. The SMILES string of the molecule is O=S(=O)(N1CCOCC1)N1CC[NH+](C(c2ccccc2)c2ccccc2)CC1. The summed E-state index contributed by atoms with van der Waals surface area (Å²) in [5, 5.41) is 0. The Morgan fingerprint density at radius 3 is 1.71 bits per heavy atom. The lowest BCUT2D eigenvalue weighted by molar-refractivity contribution is -0.929. The van der Waals surface area contributed by atoms with Crippen LogP contribution in [0.25, 0.3) is 0 Å². The van der Waals surface area contributed by atoms with Gasteiger partial charge in [0, 0.05) is 24.2 Å². The molecule has 0 radical (unpaired) electrons. The Hall–Kier alpha value is -1.77. The molecule has 2 fully saturated rings. The van der Waals surface area contributed by atoms with E-state index in [-0.39, 0.29) is 6.04 Å². The molecule has 2 saturated heterocycles. The fraction of sp³-hybridized carbons (Fsp3) is 0.429. The largest absolute Gasteiger partial charge is 0.379 e. The molecule has 1 N–H and O–H groups in total. The minimum absolute atomic E-state index is 0.218. The van der Waals surface area contributed by atoms with Gasteiger partial charge in [0.2, 0.25) is 0 Å². The van der Waals surface area contributed by atoms with Crippen LogP contribution in [0.3, 0.4) is 0 Å². The Labute approximate surface area is 167 Å². The molecule has 2 aliphatic rings. The molecule has 0 atom stereocenters. The van der Waals surface area contributed by atoms with Crippen molar-refractivity contribution in [3.63, 3.8) is 0 Å².